The molecule has 0 heterocycles. The Bertz CT molecular complexity index is 416. The molecule has 0 amide bonds. The maximum Gasteiger partial charge on any atom is 0.187 e. The smallest absolute Gasteiger partial charge is 0.187 e. The molecule has 0 unspecified atom stereocenters. The van der Waals surface area contributed by atoms with Crippen molar-refractivity contribution in [3.05, 3.63) is 53.8 Å². The molecule has 1 aromatic rings. The molecule has 15 heavy (non-hydrogen) atoms. The molecular weight excluding hydrogens is 192 g/mol. The number of hydrogen-bond acceptors (Lipinski definition) is 3. The Hall–Kier alpha value is -1.58. The molecule has 0 saturated heterocycles. The van der Waals surface area contributed by atoms with Gasteiger partial charge in [0.1, 0.15) is 5.76 Å². The van der Waals surface area contributed by atoms with Crippen molar-refractivity contribution in [3.63, 3.8) is 0 Å². The summed E-state index contributed by atoms with van der Waals surface area (Å²) in [6.45, 7) is 0. The van der Waals surface area contributed by atoms with E-state index in [1.807, 2.05) is 30.3 Å². The molecular formula is C12H12O3. The van der Waals surface area contributed by atoms with Crippen molar-refractivity contribution in [2.75, 3.05) is 0 Å². The third-order valence-electron chi connectivity index (χ3n) is 2.38. The molecule has 1 aromatic carbocycles. The van der Waals surface area contributed by atoms with Crippen molar-refractivity contribution >= 4 is 5.57 Å². The van der Waals surface area contributed by atoms with Crippen molar-refractivity contribution in [1.29, 1.82) is 0 Å². The zero-order chi connectivity index (χ0) is 10.9. The van der Waals surface area contributed by atoms with E-state index >= 15 is 0 Å². The van der Waals surface area contributed by atoms with E-state index in [0.29, 0.717) is 5.57 Å². The van der Waals surface area contributed by atoms with Crippen molar-refractivity contribution in [2.24, 2.45) is 0 Å². The van der Waals surface area contributed by atoms with E-state index in [9.17, 15) is 15.3 Å². The quantitative estimate of drug-likeness (QED) is 0.609. The van der Waals surface area contributed by atoms with Crippen LogP contribution in [0.3, 0.4) is 0 Å². The van der Waals surface area contributed by atoms with E-state index in [4.69, 9.17) is 0 Å². The van der Waals surface area contributed by atoms with Crippen molar-refractivity contribution in [2.45, 2.75) is 12.2 Å². The summed E-state index contributed by atoms with van der Waals surface area (Å²) in [5.41, 5.74) is 1.34. The zero-order valence-electron chi connectivity index (χ0n) is 8.09. The largest absolute Gasteiger partial charge is 0.508 e. The van der Waals surface area contributed by atoms with E-state index in [1.165, 1.54) is 12.2 Å². The molecule has 0 saturated carbocycles. The van der Waals surface area contributed by atoms with Crippen LogP contribution in [-0.2, 0) is 0 Å². The minimum atomic E-state index is -1.86. The molecule has 78 valence electrons. The fourth-order valence-electron chi connectivity index (χ4n) is 1.61. The van der Waals surface area contributed by atoms with Crippen LogP contribution in [0.5, 0.6) is 0 Å². The summed E-state index contributed by atoms with van der Waals surface area (Å²) in [5, 5.41) is 28.5. The minimum absolute atomic E-state index is 0.000648. The Morgan fingerprint density at radius 1 is 1.07 bits per heavy atom. The summed E-state index contributed by atoms with van der Waals surface area (Å²) in [5.74, 6) is -1.78. The topological polar surface area (TPSA) is 60.7 Å². The average Bonchev–Trinajstić information content (AvgIpc) is 2.23. The highest BCUT2D eigenvalue weighted by molar-refractivity contribution is 5.71. The molecule has 0 aliphatic heterocycles. The maximum absolute atomic E-state index is 9.63. The minimum Gasteiger partial charge on any atom is -0.508 e. The molecule has 3 N–H and O–H groups in total. The van der Waals surface area contributed by atoms with Crippen molar-refractivity contribution in [1.82, 2.24) is 0 Å². The first-order chi connectivity index (χ1) is 7.08. The predicted molar refractivity (Wildman–Crippen MR) is 56.9 cm³/mol. The number of hydrogen-bond donors (Lipinski definition) is 3. The molecule has 2 rings (SSSR count). The predicted octanol–water partition coefficient (Wildman–Crippen LogP) is 1.60. The van der Waals surface area contributed by atoms with Gasteiger partial charge in [0.05, 0.1) is 0 Å². The van der Waals surface area contributed by atoms with Gasteiger partial charge in [-0.3, -0.25) is 0 Å². The molecule has 0 fully saturated rings. The average molecular weight is 204 g/mol. The van der Waals surface area contributed by atoms with Crippen LogP contribution < -0.4 is 0 Å². The van der Waals surface area contributed by atoms with Gasteiger partial charge >= 0.3 is 0 Å². The van der Waals surface area contributed by atoms with Gasteiger partial charge in [-0.1, -0.05) is 30.3 Å². The van der Waals surface area contributed by atoms with Gasteiger partial charge in [0.25, 0.3) is 0 Å². The third kappa shape index (κ3) is 2.09. The maximum atomic E-state index is 9.63. The number of allylic oxidation sites excluding steroid dienone is 1. The number of benzene rings is 1. The molecule has 0 aromatic heterocycles. The molecule has 0 radical (unpaired) electrons. The van der Waals surface area contributed by atoms with Gasteiger partial charge in [-0.15, -0.1) is 0 Å². The molecule has 0 bridgehead atoms. The second kappa shape index (κ2) is 3.53. The summed E-state index contributed by atoms with van der Waals surface area (Å²) in [7, 11) is 0. The number of aliphatic hydroxyl groups is 3. The van der Waals surface area contributed by atoms with E-state index in [2.05, 4.69) is 0 Å². The van der Waals surface area contributed by atoms with E-state index < -0.39 is 5.79 Å². The van der Waals surface area contributed by atoms with Crippen LogP contribution in [0.15, 0.2) is 48.2 Å². The fraction of sp³-hybridized carbons (Fsp3) is 0.167. The van der Waals surface area contributed by atoms with Crippen molar-refractivity contribution < 1.29 is 15.3 Å². The Balaban J connectivity index is 2.41. The molecule has 0 spiro atoms. The molecule has 1 aliphatic rings. The standard InChI is InChI=1S/C12H12O3/c13-11-6-7-12(14,15)8-10(11)9-4-2-1-3-5-9/h1-7,13-15H,8H2. The fourth-order valence-corrected chi connectivity index (χ4v) is 1.61. The normalized spacial score (nSPS) is 19.3. The second-order valence-electron chi connectivity index (χ2n) is 3.62. The monoisotopic (exact) mass is 204 g/mol. The third-order valence-corrected chi connectivity index (χ3v) is 2.38. The van der Waals surface area contributed by atoms with Crippen LogP contribution >= 0.6 is 0 Å². The Labute approximate surface area is 87.6 Å². The van der Waals surface area contributed by atoms with Gasteiger partial charge in [0.2, 0.25) is 0 Å². The lowest BCUT2D eigenvalue weighted by molar-refractivity contribution is -0.113. The lowest BCUT2D eigenvalue weighted by Crippen LogP contribution is -2.27. The van der Waals surface area contributed by atoms with E-state index in [-0.39, 0.29) is 12.2 Å². The highest BCUT2D eigenvalue weighted by atomic mass is 16.5. The van der Waals surface area contributed by atoms with Crippen LogP contribution in [0.4, 0.5) is 0 Å². The first-order valence-electron chi connectivity index (χ1n) is 4.70. The Morgan fingerprint density at radius 2 is 1.73 bits per heavy atom. The SMILES string of the molecule is OC1=C(c2ccccc2)CC(O)(O)C=C1. The van der Waals surface area contributed by atoms with Gasteiger partial charge in [0.15, 0.2) is 5.79 Å². The lowest BCUT2D eigenvalue weighted by Gasteiger charge is -2.23. The van der Waals surface area contributed by atoms with Crippen molar-refractivity contribution in [3.8, 4) is 0 Å². The molecule has 1 aliphatic carbocycles. The van der Waals surface area contributed by atoms with Crippen LogP contribution in [0.2, 0.25) is 0 Å². The van der Waals surface area contributed by atoms with Gasteiger partial charge < -0.3 is 15.3 Å². The summed E-state index contributed by atoms with van der Waals surface area (Å²) in [6, 6.07) is 9.18. The number of aliphatic hydroxyl groups excluding tert-OH is 1. The second-order valence-corrected chi connectivity index (χ2v) is 3.62. The molecule has 3 nitrogen and oxygen atoms in total. The van der Waals surface area contributed by atoms with Gasteiger partial charge in [-0.2, -0.15) is 0 Å². The summed E-state index contributed by atoms with van der Waals surface area (Å²) in [6.07, 6.45) is 2.49. The van der Waals surface area contributed by atoms with E-state index in [1.54, 1.807) is 0 Å². The highest BCUT2D eigenvalue weighted by Gasteiger charge is 2.27. The van der Waals surface area contributed by atoms with Crippen LogP contribution in [0.25, 0.3) is 5.57 Å². The lowest BCUT2D eigenvalue weighted by atomic mass is 9.92. The highest BCUT2D eigenvalue weighted by Crippen LogP contribution is 2.31. The molecule has 0 atom stereocenters. The zero-order valence-corrected chi connectivity index (χ0v) is 8.09. The first-order valence-corrected chi connectivity index (χ1v) is 4.70. The van der Waals surface area contributed by atoms with Crippen LogP contribution in [-0.4, -0.2) is 21.1 Å². The van der Waals surface area contributed by atoms with E-state index in [0.717, 1.165) is 5.56 Å². The first kappa shape index (κ1) is 9.96. The van der Waals surface area contributed by atoms with Crippen LogP contribution in [0.1, 0.15) is 12.0 Å². The number of rotatable bonds is 1. The summed E-state index contributed by atoms with van der Waals surface area (Å²) >= 11 is 0. The Kier molecular flexibility index (Phi) is 2.34. The Morgan fingerprint density at radius 3 is 2.40 bits per heavy atom. The summed E-state index contributed by atoms with van der Waals surface area (Å²) in [4.78, 5) is 0. The van der Waals surface area contributed by atoms with Gasteiger partial charge in [-0.05, 0) is 17.7 Å². The summed E-state index contributed by atoms with van der Waals surface area (Å²) < 4.78 is 0. The molecule has 3 heteroatoms. The van der Waals surface area contributed by atoms with Gasteiger partial charge in [0, 0.05) is 12.0 Å². The van der Waals surface area contributed by atoms with Gasteiger partial charge in [-0.25, -0.2) is 0 Å². The van der Waals surface area contributed by atoms with Crippen LogP contribution in [0, 0.1) is 0 Å².